The quantitative estimate of drug-likeness (QED) is 0.156. The van der Waals surface area contributed by atoms with Crippen molar-refractivity contribution in [2.75, 3.05) is 40.3 Å². The number of rotatable bonds is 12. The van der Waals surface area contributed by atoms with Crippen molar-refractivity contribution in [2.45, 2.75) is 39.2 Å². The third-order valence-corrected chi connectivity index (χ3v) is 6.98. The van der Waals surface area contributed by atoms with Crippen LogP contribution in [-0.4, -0.2) is 55.9 Å². The minimum Gasteiger partial charge on any atom is -0.493 e. The molecule has 0 N–H and O–H groups in total. The Morgan fingerprint density at radius 3 is 2.51 bits per heavy atom. The average Bonchev–Trinajstić information content (AvgIpc) is 3.41. The van der Waals surface area contributed by atoms with Gasteiger partial charge in [0.05, 0.1) is 12.2 Å². The maximum Gasteiger partial charge on any atom is 0.189 e. The highest BCUT2D eigenvalue weighted by molar-refractivity contribution is 6.09. The first-order valence-electron chi connectivity index (χ1n) is 13.5. The molecule has 4 rings (SSSR count). The van der Waals surface area contributed by atoms with Crippen molar-refractivity contribution in [1.29, 1.82) is 0 Å². The summed E-state index contributed by atoms with van der Waals surface area (Å²) in [7, 11) is 4.11. The summed E-state index contributed by atoms with van der Waals surface area (Å²) >= 11 is 0. The molecule has 1 fully saturated rings. The van der Waals surface area contributed by atoms with Gasteiger partial charge in [-0.05, 0) is 112 Å². The predicted molar refractivity (Wildman–Crippen MR) is 154 cm³/mol. The van der Waals surface area contributed by atoms with Crippen LogP contribution < -0.4 is 4.74 Å². The molecule has 1 aliphatic heterocycles. The number of hydrogen-bond acceptors (Lipinski definition) is 4. The van der Waals surface area contributed by atoms with Crippen LogP contribution in [0, 0.1) is 6.92 Å². The van der Waals surface area contributed by atoms with Gasteiger partial charge in [-0.1, -0.05) is 60.7 Å². The van der Waals surface area contributed by atoms with Gasteiger partial charge in [0, 0.05) is 6.54 Å². The highest BCUT2D eigenvalue weighted by Gasteiger charge is 2.15. The molecule has 0 radical (unpaired) electrons. The fourth-order valence-electron chi connectivity index (χ4n) is 4.98. The van der Waals surface area contributed by atoms with Gasteiger partial charge in [-0.15, -0.1) is 0 Å². The molecule has 1 saturated heterocycles. The molecule has 1 aliphatic rings. The lowest BCUT2D eigenvalue weighted by Crippen LogP contribution is -2.20. The Kier molecular flexibility index (Phi) is 9.70. The Balaban J connectivity index is 1.53. The summed E-state index contributed by atoms with van der Waals surface area (Å²) in [5.41, 5.74) is 6.22. The number of benzene rings is 3. The van der Waals surface area contributed by atoms with E-state index in [-0.39, 0.29) is 5.78 Å². The number of carbonyl (C=O) groups excluding carboxylic acids is 1. The third kappa shape index (κ3) is 7.64. The molecule has 194 valence electrons. The Morgan fingerprint density at radius 2 is 1.73 bits per heavy atom. The van der Waals surface area contributed by atoms with Gasteiger partial charge in [-0.25, -0.2) is 0 Å². The molecule has 0 amide bonds. The van der Waals surface area contributed by atoms with Crippen molar-refractivity contribution in [3.8, 4) is 16.9 Å². The van der Waals surface area contributed by atoms with E-state index < -0.39 is 0 Å². The van der Waals surface area contributed by atoms with Crippen LogP contribution in [0.5, 0.6) is 5.75 Å². The zero-order valence-electron chi connectivity index (χ0n) is 22.6. The molecule has 0 spiro atoms. The Bertz CT molecular complexity index is 1210. The van der Waals surface area contributed by atoms with Crippen LogP contribution in [-0.2, 0) is 6.54 Å². The van der Waals surface area contributed by atoms with Gasteiger partial charge in [0.25, 0.3) is 0 Å². The van der Waals surface area contributed by atoms with Gasteiger partial charge in [-0.3, -0.25) is 4.79 Å². The first-order chi connectivity index (χ1) is 18.0. The van der Waals surface area contributed by atoms with Crippen molar-refractivity contribution >= 4 is 11.9 Å². The smallest absolute Gasteiger partial charge is 0.189 e. The number of carbonyl (C=O) groups is 1. The molecule has 0 aliphatic carbocycles. The second-order valence-corrected chi connectivity index (χ2v) is 10.3. The van der Waals surface area contributed by atoms with Crippen LogP contribution in [0.25, 0.3) is 17.2 Å². The lowest BCUT2D eigenvalue weighted by molar-refractivity contribution is 0.104. The topological polar surface area (TPSA) is 32.8 Å². The number of ether oxygens (including phenoxy) is 1. The minimum atomic E-state index is -0.0397. The van der Waals surface area contributed by atoms with E-state index >= 15 is 0 Å². The molecular formula is C33H40N2O2. The third-order valence-electron chi connectivity index (χ3n) is 6.98. The number of likely N-dealkylation sites (tertiary alicyclic amines) is 1. The zero-order valence-corrected chi connectivity index (χ0v) is 22.6. The summed E-state index contributed by atoms with van der Waals surface area (Å²) in [6.45, 7) is 7.13. The molecule has 37 heavy (non-hydrogen) atoms. The minimum absolute atomic E-state index is 0.0397. The number of hydrogen-bond donors (Lipinski definition) is 0. The number of aryl methyl sites for hydroxylation is 1. The molecule has 0 saturated carbocycles. The monoisotopic (exact) mass is 496 g/mol. The van der Waals surface area contributed by atoms with Crippen LogP contribution in [0.4, 0.5) is 0 Å². The van der Waals surface area contributed by atoms with E-state index in [0.29, 0.717) is 17.9 Å². The van der Waals surface area contributed by atoms with Crippen LogP contribution in [0.3, 0.4) is 0 Å². The molecule has 4 heteroatoms. The summed E-state index contributed by atoms with van der Waals surface area (Å²) in [5, 5.41) is 0. The second kappa shape index (κ2) is 13.4. The first kappa shape index (κ1) is 26.8. The summed E-state index contributed by atoms with van der Waals surface area (Å²) in [6, 6.07) is 22.5. The van der Waals surface area contributed by atoms with E-state index in [1.165, 1.54) is 37.1 Å². The van der Waals surface area contributed by atoms with Crippen molar-refractivity contribution in [3.63, 3.8) is 0 Å². The largest absolute Gasteiger partial charge is 0.493 e. The molecule has 0 bridgehead atoms. The van der Waals surface area contributed by atoms with E-state index in [0.717, 1.165) is 42.6 Å². The first-order valence-corrected chi connectivity index (χ1v) is 13.5. The van der Waals surface area contributed by atoms with E-state index in [1.54, 1.807) is 6.08 Å². The van der Waals surface area contributed by atoms with Crippen molar-refractivity contribution in [1.82, 2.24) is 9.80 Å². The number of ketones is 1. The van der Waals surface area contributed by atoms with Gasteiger partial charge in [0.15, 0.2) is 5.78 Å². The van der Waals surface area contributed by atoms with Crippen molar-refractivity contribution in [2.24, 2.45) is 0 Å². The molecular weight excluding hydrogens is 456 g/mol. The maximum atomic E-state index is 13.5. The fourth-order valence-corrected chi connectivity index (χ4v) is 4.98. The second-order valence-electron chi connectivity index (χ2n) is 10.3. The molecule has 1 heterocycles. The van der Waals surface area contributed by atoms with Crippen molar-refractivity contribution in [3.05, 3.63) is 95.1 Å². The van der Waals surface area contributed by atoms with E-state index in [9.17, 15) is 4.79 Å². The number of allylic oxidation sites excluding steroid dienone is 1. The molecule has 0 atom stereocenters. The standard InChI is InChI=1S/C33H40N2O2/c1-26-12-4-7-15-30(26)28-17-19-33(37-23-11-10-22-35-20-8-9-21-35)31(24-28)32(36)18-16-27-13-5-6-14-29(27)25-34(2)3/h4-7,12-19,24H,8-11,20-23,25H2,1-3H3. The normalized spacial score (nSPS) is 14.1. The SMILES string of the molecule is Cc1ccccc1-c1ccc(OCCCCN2CCCC2)c(C(=O)C=Cc2ccccc2CN(C)C)c1. The Labute approximate surface area is 222 Å². The van der Waals surface area contributed by atoms with Crippen LogP contribution in [0.2, 0.25) is 0 Å². The summed E-state index contributed by atoms with van der Waals surface area (Å²) in [5.74, 6) is 0.622. The summed E-state index contributed by atoms with van der Waals surface area (Å²) in [6.07, 6.45) is 8.36. The Hall–Kier alpha value is -3.21. The van der Waals surface area contributed by atoms with Gasteiger partial charge < -0.3 is 14.5 Å². The Morgan fingerprint density at radius 1 is 0.973 bits per heavy atom. The van der Waals surface area contributed by atoms with Gasteiger partial charge >= 0.3 is 0 Å². The zero-order chi connectivity index (χ0) is 26.0. The van der Waals surface area contributed by atoms with Crippen molar-refractivity contribution < 1.29 is 9.53 Å². The highest BCUT2D eigenvalue weighted by atomic mass is 16.5. The molecule has 0 aromatic heterocycles. The maximum absolute atomic E-state index is 13.5. The number of unbranched alkanes of at least 4 members (excludes halogenated alkanes) is 1. The van der Waals surface area contributed by atoms with Crippen LogP contribution in [0.1, 0.15) is 52.7 Å². The van der Waals surface area contributed by atoms with Crippen LogP contribution >= 0.6 is 0 Å². The molecule has 3 aromatic carbocycles. The van der Waals surface area contributed by atoms with E-state index in [4.69, 9.17) is 4.74 Å². The van der Waals surface area contributed by atoms with Gasteiger partial charge in [0.1, 0.15) is 5.75 Å². The predicted octanol–water partition coefficient (Wildman–Crippen LogP) is 6.87. The summed E-state index contributed by atoms with van der Waals surface area (Å²) in [4.78, 5) is 18.2. The lowest BCUT2D eigenvalue weighted by Gasteiger charge is -2.15. The molecule has 0 unspecified atom stereocenters. The van der Waals surface area contributed by atoms with Gasteiger partial charge in [-0.2, -0.15) is 0 Å². The molecule has 3 aromatic rings. The van der Waals surface area contributed by atoms with E-state index in [2.05, 4.69) is 61.2 Å². The molecule has 4 nitrogen and oxygen atoms in total. The average molecular weight is 497 g/mol. The lowest BCUT2D eigenvalue weighted by atomic mass is 9.96. The number of nitrogens with zero attached hydrogens (tertiary/aromatic N) is 2. The highest BCUT2D eigenvalue weighted by Crippen LogP contribution is 2.30. The fraction of sp³-hybridized carbons (Fsp3) is 0.364. The van der Waals surface area contributed by atoms with E-state index in [1.807, 2.05) is 42.5 Å². The summed E-state index contributed by atoms with van der Waals surface area (Å²) < 4.78 is 6.19. The van der Waals surface area contributed by atoms with Gasteiger partial charge in [0.2, 0.25) is 0 Å². The van der Waals surface area contributed by atoms with Crippen LogP contribution in [0.15, 0.2) is 72.8 Å².